The fourth-order valence-corrected chi connectivity index (χ4v) is 4.20. The van der Waals surface area contributed by atoms with Crippen LogP contribution in [-0.2, 0) is 54.6 Å². The molecule has 10 heteroatoms. The summed E-state index contributed by atoms with van der Waals surface area (Å²) in [5, 5.41) is 3.37. The van der Waals surface area contributed by atoms with Crippen molar-refractivity contribution in [2.75, 3.05) is 25.6 Å². The second kappa shape index (κ2) is 14.8. The van der Waals surface area contributed by atoms with Crippen molar-refractivity contribution in [3.8, 4) is 11.3 Å². The Bertz CT molecular complexity index is 1270. The average molecular weight is 616 g/mol. The minimum absolute atomic E-state index is 0. The molecule has 0 spiro atoms. The van der Waals surface area contributed by atoms with Crippen LogP contribution >= 0.6 is 0 Å². The molecule has 1 aliphatic heterocycles. The third kappa shape index (κ3) is 7.80. The molecular weight excluding hydrogens is 582 g/mol. The molecule has 6 nitrogen and oxygen atoms in total. The number of imidazole rings is 1. The first-order valence-corrected chi connectivity index (χ1v) is 12.4. The molecule has 0 fully saturated rings. The van der Waals surface area contributed by atoms with Crippen molar-refractivity contribution in [2.45, 2.75) is 45.7 Å². The molecule has 2 heterocycles. The maximum Gasteiger partial charge on any atom is 0.273 e. The molecular formula is C29H33F3N4O2Y-2. The van der Waals surface area contributed by atoms with Crippen LogP contribution in [0, 0.1) is 12.7 Å². The molecule has 2 aromatic carbocycles. The van der Waals surface area contributed by atoms with Gasteiger partial charge in [0.25, 0.3) is 5.92 Å². The number of aryl methyl sites for hydroxylation is 1. The Hall–Kier alpha value is -2.49. The second-order valence-electron chi connectivity index (χ2n) is 8.87. The molecule has 0 aliphatic carbocycles. The summed E-state index contributed by atoms with van der Waals surface area (Å²) in [5.74, 6) is -3.76. The molecule has 0 saturated heterocycles. The first-order chi connectivity index (χ1) is 18.2. The molecule has 1 N–H and O–H groups in total. The van der Waals surface area contributed by atoms with Gasteiger partial charge in [-0.25, -0.2) is 18.2 Å². The molecule has 1 aliphatic rings. The van der Waals surface area contributed by atoms with Gasteiger partial charge in [0.15, 0.2) is 12.0 Å². The predicted molar refractivity (Wildman–Crippen MR) is 144 cm³/mol. The zero-order valence-electron chi connectivity index (χ0n) is 22.7. The van der Waals surface area contributed by atoms with Crippen LogP contribution in [0.4, 0.5) is 18.9 Å². The van der Waals surface area contributed by atoms with Crippen LogP contribution in [0.3, 0.4) is 0 Å². The molecule has 0 bridgehead atoms. The van der Waals surface area contributed by atoms with Gasteiger partial charge in [0.2, 0.25) is 0 Å². The molecule has 4 rings (SSSR count). The Morgan fingerprint density at radius 2 is 1.95 bits per heavy atom. The average Bonchev–Trinajstić information content (AvgIpc) is 3.32. The zero-order chi connectivity index (χ0) is 27.9. The molecule has 1 atom stereocenters. The van der Waals surface area contributed by atoms with E-state index in [4.69, 9.17) is 4.74 Å². The number of hydrogen-bond donors (Lipinski definition) is 1. The third-order valence-electron chi connectivity index (χ3n) is 6.05. The molecule has 39 heavy (non-hydrogen) atoms. The number of rotatable bonds is 9. The SMILES string of the molecule is CCc1cc(NC2c3ncc(-c4cccc(F)c4C(C)(F)F)n3C=CN2C)ccc1[C-]=O.[CH2-]COCCC.[Y]. The van der Waals surface area contributed by atoms with E-state index in [1.54, 1.807) is 29.1 Å². The van der Waals surface area contributed by atoms with E-state index in [2.05, 4.69) is 24.1 Å². The number of nitrogens with one attached hydrogen (secondary N) is 1. The Morgan fingerprint density at radius 1 is 1.21 bits per heavy atom. The number of nitrogens with zero attached hydrogens (tertiary/aromatic N) is 3. The van der Waals surface area contributed by atoms with Gasteiger partial charge in [-0.1, -0.05) is 51.1 Å². The molecule has 0 saturated carbocycles. The fraction of sp³-hybridized carbons (Fsp3) is 0.345. The number of carbonyl (C=O) groups excluding carboxylic acids is 1. The summed E-state index contributed by atoms with van der Waals surface area (Å²) in [4.78, 5) is 17.5. The van der Waals surface area contributed by atoms with Gasteiger partial charge in [-0.2, -0.15) is 6.07 Å². The Labute approximate surface area is 253 Å². The third-order valence-corrected chi connectivity index (χ3v) is 6.05. The summed E-state index contributed by atoms with van der Waals surface area (Å²) in [6, 6.07) is 9.27. The van der Waals surface area contributed by atoms with E-state index in [1.165, 1.54) is 18.3 Å². The van der Waals surface area contributed by atoms with Crippen LogP contribution in [0.25, 0.3) is 17.5 Å². The molecule has 3 aromatic rings. The monoisotopic (exact) mass is 615 g/mol. The van der Waals surface area contributed by atoms with Crippen LogP contribution in [0.15, 0.2) is 48.8 Å². The van der Waals surface area contributed by atoms with Crippen molar-refractivity contribution in [1.82, 2.24) is 14.5 Å². The maximum absolute atomic E-state index is 14.4. The minimum Gasteiger partial charge on any atom is -0.413 e. The minimum atomic E-state index is -3.36. The normalized spacial score (nSPS) is 14.2. The topological polar surface area (TPSA) is 59.4 Å². The molecule has 1 aromatic heterocycles. The van der Waals surface area contributed by atoms with Crippen LogP contribution in [0.1, 0.15) is 55.9 Å². The van der Waals surface area contributed by atoms with Gasteiger partial charge in [-0.05, 0) is 12.5 Å². The van der Waals surface area contributed by atoms with Crippen LogP contribution < -0.4 is 5.32 Å². The van der Waals surface area contributed by atoms with Crippen molar-refractivity contribution >= 4 is 18.2 Å². The molecule has 1 radical (unpaired) electrons. The zero-order valence-corrected chi connectivity index (χ0v) is 25.5. The first kappa shape index (κ1) is 32.7. The van der Waals surface area contributed by atoms with E-state index in [-0.39, 0.29) is 38.3 Å². The maximum atomic E-state index is 14.4. The Kier molecular flexibility index (Phi) is 12.4. The summed E-state index contributed by atoms with van der Waals surface area (Å²) in [7, 11) is 1.86. The Balaban J connectivity index is 0.000000687. The van der Waals surface area contributed by atoms with Gasteiger partial charge < -0.3 is 26.7 Å². The van der Waals surface area contributed by atoms with Gasteiger partial charge >= 0.3 is 0 Å². The molecule has 207 valence electrons. The van der Waals surface area contributed by atoms with Crippen molar-refractivity contribution < 1.29 is 55.4 Å². The van der Waals surface area contributed by atoms with Crippen molar-refractivity contribution in [2.24, 2.45) is 0 Å². The number of aromatic nitrogens is 2. The van der Waals surface area contributed by atoms with Gasteiger partial charge in [0.1, 0.15) is 5.82 Å². The van der Waals surface area contributed by atoms with Crippen molar-refractivity contribution in [3.05, 3.63) is 84.1 Å². The van der Waals surface area contributed by atoms with Crippen molar-refractivity contribution in [3.63, 3.8) is 0 Å². The molecule has 1 unspecified atom stereocenters. The van der Waals surface area contributed by atoms with Gasteiger partial charge in [-0.15, -0.1) is 11.1 Å². The predicted octanol–water partition coefficient (Wildman–Crippen LogP) is 6.55. The number of fused-ring (bicyclic) bond motifs is 1. The number of alkyl halides is 2. The number of anilines is 1. The summed E-state index contributed by atoms with van der Waals surface area (Å²) in [6.07, 6.45) is 8.26. The van der Waals surface area contributed by atoms with Crippen LogP contribution in [-0.4, -0.2) is 41.0 Å². The standard InChI is InChI=1S/C24H22F3N4O.C5H11O.Y/c1-4-15-12-17(9-8-16(15)14-32)29-23-22-28-13-20(31(22)11-10-30(23)3)18-6-5-7-19(25)21(18)24(2,26)27;1-3-5-6-4-2;/h5-13,23,29H,4H2,1-3H3;2-5H2,1H3;/q2*-1;. The van der Waals surface area contributed by atoms with Crippen LogP contribution in [0.2, 0.25) is 0 Å². The second-order valence-corrected chi connectivity index (χ2v) is 8.87. The summed E-state index contributed by atoms with van der Waals surface area (Å²) < 4.78 is 49.3. The number of hydrogen-bond acceptors (Lipinski definition) is 5. The summed E-state index contributed by atoms with van der Waals surface area (Å²) in [6.45, 7) is 9.67. The van der Waals surface area contributed by atoms with Gasteiger partial charge in [0, 0.05) is 76.9 Å². The van der Waals surface area contributed by atoms with E-state index < -0.39 is 23.5 Å². The number of halogens is 3. The largest absolute Gasteiger partial charge is 0.413 e. The number of ether oxygens (including phenoxy) is 1. The van der Waals surface area contributed by atoms with Gasteiger partial charge in [0.05, 0.1) is 23.7 Å². The van der Waals surface area contributed by atoms with E-state index in [0.29, 0.717) is 37.0 Å². The first-order valence-electron chi connectivity index (χ1n) is 12.4. The smallest absolute Gasteiger partial charge is 0.273 e. The van der Waals surface area contributed by atoms with E-state index >= 15 is 0 Å². The van der Waals surface area contributed by atoms with E-state index in [0.717, 1.165) is 30.3 Å². The van der Waals surface area contributed by atoms with E-state index in [1.807, 2.05) is 31.2 Å². The number of benzene rings is 2. The quantitative estimate of drug-likeness (QED) is 0.219. The summed E-state index contributed by atoms with van der Waals surface area (Å²) >= 11 is 0. The molecule has 0 amide bonds. The van der Waals surface area contributed by atoms with Crippen molar-refractivity contribution in [1.29, 1.82) is 0 Å². The van der Waals surface area contributed by atoms with Crippen LogP contribution in [0.5, 0.6) is 0 Å². The summed E-state index contributed by atoms with van der Waals surface area (Å²) in [5.41, 5.74) is 1.94. The Morgan fingerprint density at radius 3 is 2.54 bits per heavy atom. The van der Waals surface area contributed by atoms with Gasteiger partial charge in [-0.3, -0.25) is 4.57 Å². The van der Waals surface area contributed by atoms with E-state index in [9.17, 15) is 18.0 Å². The fourth-order valence-electron chi connectivity index (χ4n) is 4.20.